The number of thiazole rings is 1. The zero-order chi connectivity index (χ0) is 19.9. The van der Waals surface area contributed by atoms with Crippen molar-refractivity contribution < 1.29 is 13.2 Å². The summed E-state index contributed by atoms with van der Waals surface area (Å²) >= 11 is 6.68. The minimum absolute atomic E-state index is 0.181. The first kappa shape index (κ1) is 21.7. The van der Waals surface area contributed by atoms with E-state index in [1.165, 1.54) is 0 Å². The maximum Gasteiger partial charge on any atom is 0.434 e. The number of hydrogen-bond acceptors (Lipinski definition) is 5. The fourth-order valence-electron chi connectivity index (χ4n) is 2.48. The van der Waals surface area contributed by atoms with Crippen LogP contribution in [0, 0.1) is 0 Å². The van der Waals surface area contributed by atoms with Crippen LogP contribution in [0.4, 0.5) is 18.3 Å². The Labute approximate surface area is 166 Å². The summed E-state index contributed by atoms with van der Waals surface area (Å²) in [5.74, 6) is 0.244. The van der Waals surface area contributed by atoms with Crippen LogP contribution < -0.4 is 5.32 Å². The van der Waals surface area contributed by atoms with Gasteiger partial charge in [-0.05, 0) is 36.2 Å². The largest absolute Gasteiger partial charge is 0.434 e. The quantitative estimate of drug-likeness (QED) is 0.426. The van der Waals surface area contributed by atoms with Crippen molar-refractivity contribution in [2.75, 3.05) is 24.3 Å². The van der Waals surface area contributed by atoms with Crippen LogP contribution in [0.3, 0.4) is 0 Å². The number of hydrogen-bond donors (Lipinski definition) is 1. The van der Waals surface area contributed by atoms with Gasteiger partial charge in [0.05, 0.1) is 4.88 Å². The highest BCUT2D eigenvalue weighted by Crippen LogP contribution is 2.37. The predicted octanol–water partition coefficient (Wildman–Crippen LogP) is 5.18. The molecule has 0 aliphatic rings. The Bertz CT molecular complexity index is 734. The van der Waals surface area contributed by atoms with E-state index in [0.29, 0.717) is 25.2 Å². The number of aromatic nitrogens is 2. The van der Waals surface area contributed by atoms with Crippen molar-refractivity contribution in [3.05, 3.63) is 52.8 Å². The van der Waals surface area contributed by atoms with Crippen LogP contribution >= 0.6 is 22.9 Å². The standard InChI is InChI=1S/C18H22ClF3N4S/c1-3-8-26(11-14-4-6-23-7-5-14)12-15-16(18(20,21)22)25-17(27-15)24-10-13(2)9-19/h4-7H,2-3,8-12H2,1H3,(H,24,25). The highest BCUT2D eigenvalue weighted by molar-refractivity contribution is 7.15. The summed E-state index contributed by atoms with van der Waals surface area (Å²) in [4.78, 5) is 9.93. The summed E-state index contributed by atoms with van der Waals surface area (Å²) in [5.41, 5.74) is 0.864. The van der Waals surface area contributed by atoms with Gasteiger partial charge in [0, 0.05) is 37.9 Å². The lowest BCUT2D eigenvalue weighted by atomic mass is 10.2. The van der Waals surface area contributed by atoms with E-state index in [4.69, 9.17) is 11.6 Å². The first-order valence-electron chi connectivity index (χ1n) is 8.48. The molecule has 2 heterocycles. The van der Waals surface area contributed by atoms with E-state index in [9.17, 15) is 13.2 Å². The molecule has 0 amide bonds. The number of nitrogens with zero attached hydrogens (tertiary/aromatic N) is 3. The maximum absolute atomic E-state index is 13.4. The van der Waals surface area contributed by atoms with Crippen molar-refractivity contribution in [1.29, 1.82) is 0 Å². The van der Waals surface area contributed by atoms with Gasteiger partial charge in [-0.25, -0.2) is 4.98 Å². The molecular weight excluding hydrogens is 397 g/mol. The Kier molecular flexibility index (Phi) is 8.07. The third kappa shape index (κ3) is 6.79. The molecule has 1 N–H and O–H groups in total. The molecule has 2 aromatic rings. The number of pyridine rings is 1. The summed E-state index contributed by atoms with van der Waals surface area (Å²) < 4.78 is 40.3. The molecule has 0 radical (unpaired) electrons. The fraction of sp³-hybridized carbons (Fsp3) is 0.444. The average Bonchev–Trinajstić information content (AvgIpc) is 3.04. The molecule has 0 aliphatic carbocycles. The molecule has 0 bridgehead atoms. The lowest BCUT2D eigenvalue weighted by Gasteiger charge is -2.21. The van der Waals surface area contributed by atoms with Gasteiger partial charge < -0.3 is 5.32 Å². The van der Waals surface area contributed by atoms with E-state index in [1.807, 2.05) is 24.0 Å². The van der Waals surface area contributed by atoms with Crippen molar-refractivity contribution in [3.63, 3.8) is 0 Å². The zero-order valence-electron chi connectivity index (χ0n) is 15.0. The number of halogens is 4. The van der Waals surface area contributed by atoms with Crippen molar-refractivity contribution in [2.45, 2.75) is 32.6 Å². The highest BCUT2D eigenvalue weighted by Gasteiger charge is 2.37. The van der Waals surface area contributed by atoms with E-state index in [1.54, 1.807) is 12.4 Å². The topological polar surface area (TPSA) is 41.1 Å². The maximum atomic E-state index is 13.4. The summed E-state index contributed by atoms with van der Waals surface area (Å²) in [5, 5.41) is 3.11. The Balaban J connectivity index is 2.19. The van der Waals surface area contributed by atoms with Gasteiger partial charge in [0.25, 0.3) is 0 Å². The smallest absolute Gasteiger partial charge is 0.358 e. The molecule has 0 atom stereocenters. The molecule has 27 heavy (non-hydrogen) atoms. The molecule has 9 heteroatoms. The van der Waals surface area contributed by atoms with Gasteiger partial charge in [-0.1, -0.05) is 13.5 Å². The Hall–Kier alpha value is -1.64. The monoisotopic (exact) mass is 418 g/mol. The lowest BCUT2D eigenvalue weighted by Crippen LogP contribution is -2.24. The van der Waals surface area contributed by atoms with Crippen LogP contribution in [0.1, 0.15) is 29.5 Å². The zero-order valence-corrected chi connectivity index (χ0v) is 16.6. The van der Waals surface area contributed by atoms with Crippen molar-refractivity contribution >= 4 is 28.1 Å². The van der Waals surface area contributed by atoms with Gasteiger partial charge in [0.15, 0.2) is 10.8 Å². The first-order chi connectivity index (χ1) is 12.8. The Morgan fingerprint density at radius 1 is 1.30 bits per heavy atom. The van der Waals surface area contributed by atoms with Crippen LogP contribution in [0.2, 0.25) is 0 Å². The van der Waals surface area contributed by atoms with Gasteiger partial charge >= 0.3 is 6.18 Å². The second-order valence-electron chi connectivity index (χ2n) is 6.09. The molecule has 0 spiro atoms. The van der Waals surface area contributed by atoms with Crippen LogP contribution in [0.25, 0.3) is 0 Å². The summed E-state index contributed by atoms with van der Waals surface area (Å²) in [6.45, 7) is 7.45. The van der Waals surface area contributed by atoms with E-state index in [0.717, 1.165) is 23.3 Å². The van der Waals surface area contributed by atoms with E-state index < -0.39 is 11.9 Å². The SMILES string of the molecule is C=C(CCl)CNc1nc(C(F)(F)F)c(CN(CCC)Cc2ccncc2)s1. The summed E-state index contributed by atoms with van der Waals surface area (Å²) in [6.07, 6.45) is -0.298. The number of anilines is 1. The summed E-state index contributed by atoms with van der Waals surface area (Å²) in [6, 6.07) is 3.73. The minimum atomic E-state index is -4.50. The van der Waals surface area contributed by atoms with Crippen LogP contribution in [0.15, 0.2) is 36.7 Å². The Morgan fingerprint density at radius 3 is 2.59 bits per heavy atom. The molecular formula is C18H22ClF3N4S. The van der Waals surface area contributed by atoms with Gasteiger partial charge in [-0.2, -0.15) is 13.2 Å². The number of rotatable bonds is 10. The number of alkyl halides is 4. The van der Waals surface area contributed by atoms with Crippen molar-refractivity contribution in [1.82, 2.24) is 14.9 Å². The molecule has 0 saturated carbocycles. The van der Waals surface area contributed by atoms with E-state index >= 15 is 0 Å². The normalized spacial score (nSPS) is 11.8. The van der Waals surface area contributed by atoms with Gasteiger partial charge in [0.1, 0.15) is 0 Å². The number of nitrogens with one attached hydrogen (secondary N) is 1. The first-order valence-corrected chi connectivity index (χ1v) is 9.83. The van der Waals surface area contributed by atoms with Crippen molar-refractivity contribution in [3.8, 4) is 0 Å². The van der Waals surface area contributed by atoms with E-state index in [-0.39, 0.29) is 22.4 Å². The van der Waals surface area contributed by atoms with E-state index in [2.05, 4.69) is 21.9 Å². The van der Waals surface area contributed by atoms with Crippen molar-refractivity contribution in [2.24, 2.45) is 0 Å². The Morgan fingerprint density at radius 2 is 2.00 bits per heavy atom. The molecule has 0 saturated heterocycles. The third-order valence-electron chi connectivity index (χ3n) is 3.71. The molecule has 0 aromatic carbocycles. The molecule has 148 valence electrons. The summed E-state index contributed by atoms with van der Waals surface area (Å²) in [7, 11) is 0. The molecule has 2 rings (SSSR count). The minimum Gasteiger partial charge on any atom is -0.358 e. The average molecular weight is 419 g/mol. The highest BCUT2D eigenvalue weighted by atomic mass is 35.5. The molecule has 0 fully saturated rings. The molecule has 2 aromatic heterocycles. The lowest BCUT2D eigenvalue weighted by molar-refractivity contribution is -0.141. The van der Waals surface area contributed by atoms with Gasteiger partial charge in [-0.15, -0.1) is 22.9 Å². The predicted molar refractivity (Wildman–Crippen MR) is 104 cm³/mol. The van der Waals surface area contributed by atoms with Gasteiger partial charge in [-0.3, -0.25) is 9.88 Å². The molecule has 0 unspecified atom stereocenters. The molecule has 4 nitrogen and oxygen atoms in total. The fourth-order valence-corrected chi connectivity index (χ4v) is 3.60. The second kappa shape index (κ2) is 10.1. The molecule has 0 aliphatic heterocycles. The van der Waals surface area contributed by atoms with Crippen LogP contribution in [0.5, 0.6) is 0 Å². The van der Waals surface area contributed by atoms with Crippen LogP contribution in [-0.2, 0) is 19.3 Å². The van der Waals surface area contributed by atoms with Gasteiger partial charge in [0.2, 0.25) is 0 Å². The third-order valence-corrected chi connectivity index (χ3v) is 5.08. The second-order valence-corrected chi connectivity index (χ2v) is 7.44. The van der Waals surface area contributed by atoms with Crippen LogP contribution in [-0.4, -0.2) is 33.8 Å².